The molecular weight excluding hydrogens is 837 g/mol. The fourth-order valence-corrected chi connectivity index (χ4v) is 10.6. The lowest BCUT2D eigenvalue weighted by Crippen LogP contribution is -2.11. The summed E-state index contributed by atoms with van der Waals surface area (Å²) in [6.07, 6.45) is 7.81. The molecular formula is C66H46N2O. The highest BCUT2D eigenvalue weighted by molar-refractivity contribution is 6.10. The van der Waals surface area contributed by atoms with E-state index in [1.807, 2.05) is 12.1 Å². The minimum absolute atomic E-state index is 0.186. The van der Waals surface area contributed by atoms with Crippen LogP contribution in [-0.2, 0) is 0 Å². The van der Waals surface area contributed by atoms with Crippen molar-refractivity contribution >= 4 is 66.4 Å². The normalized spacial score (nSPS) is 13.6. The van der Waals surface area contributed by atoms with Gasteiger partial charge in [0.25, 0.3) is 0 Å². The number of allylic oxidation sites excluding steroid dienone is 4. The lowest BCUT2D eigenvalue weighted by Gasteiger charge is -2.28. The number of hydrogen-bond acceptors (Lipinski definition) is 2. The molecule has 12 aromatic rings. The lowest BCUT2D eigenvalue weighted by molar-refractivity contribution is 0.670. The summed E-state index contributed by atoms with van der Waals surface area (Å²) in [5, 5.41) is 4.80. The van der Waals surface area contributed by atoms with Gasteiger partial charge < -0.3 is 13.9 Å². The molecule has 0 radical (unpaired) electrons. The molecule has 0 amide bonds. The summed E-state index contributed by atoms with van der Waals surface area (Å²) >= 11 is 0. The van der Waals surface area contributed by atoms with Gasteiger partial charge in [0.15, 0.2) is 0 Å². The maximum absolute atomic E-state index is 6.48. The molecule has 3 heteroatoms. The first kappa shape index (κ1) is 40.4. The highest BCUT2D eigenvalue weighted by atomic mass is 16.3. The van der Waals surface area contributed by atoms with E-state index in [2.05, 4.69) is 258 Å². The molecule has 3 nitrogen and oxygen atoms in total. The van der Waals surface area contributed by atoms with Crippen LogP contribution in [0.3, 0.4) is 0 Å². The molecule has 0 N–H and O–H groups in total. The lowest BCUT2D eigenvalue weighted by atomic mass is 9.85. The van der Waals surface area contributed by atoms with Crippen molar-refractivity contribution in [3.8, 4) is 39.1 Å². The first-order chi connectivity index (χ1) is 34.2. The topological polar surface area (TPSA) is 21.3 Å². The summed E-state index contributed by atoms with van der Waals surface area (Å²) in [5.74, 6) is 0.186. The van der Waals surface area contributed by atoms with Crippen molar-refractivity contribution in [2.75, 3.05) is 4.90 Å². The largest absolute Gasteiger partial charge is 0.455 e. The van der Waals surface area contributed by atoms with E-state index in [-0.39, 0.29) is 5.92 Å². The zero-order valence-corrected chi connectivity index (χ0v) is 37.9. The summed E-state index contributed by atoms with van der Waals surface area (Å²) in [7, 11) is 0. The van der Waals surface area contributed by atoms with E-state index in [4.69, 9.17) is 4.42 Å². The van der Waals surface area contributed by atoms with Gasteiger partial charge in [0.1, 0.15) is 11.2 Å². The minimum atomic E-state index is 0.186. The Kier molecular flexibility index (Phi) is 9.98. The van der Waals surface area contributed by atoms with Crippen molar-refractivity contribution in [3.63, 3.8) is 0 Å². The number of benzene rings is 10. The fourth-order valence-electron chi connectivity index (χ4n) is 10.6. The fraction of sp³-hybridized carbons (Fsp3) is 0.0303. The summed E-state index contributed by atoms with van der Waals surface area (Å²) < 4.78 is 8.92. The van der Waals surface area contributed by atoms with Crippen molar-refractivity contribution in [1.82, 2.24) is 4.57 Å². The smallest absolute Gasteiger partial charge is 0.143 e. The van der Waals surface area contributed by atoms with E-state index in [0.717, 1.165) is 56.5 Å². The van der Waals surface area contributed by atoms with E-state index in [1.165, 1.54) is 66.4 Å². The molecule has 69 heavy (non-hydrogen) atoms. The van der Waals surface area contributed by atoms with Gasteiger partial charge >= 0.3 is 0 Å². The zero-order valence-electron chi connectivity index (χ0n) is 37.9. The Morgan fingerprint density at radius 3 is 1.65 bits per heavy atom. The molecule has 1 aliphatic carbocycles. The van der Waals surface area contributed by atoms with Crippen LogP contribution in [-0.4, -0.2) is 4.57 Å². The molecule has 1 atom stereocenters. The minimum Gasteiger partial charge on any atom is -0.455 e. The van der Waals surface area contributed by atoms with Gasteiger partial charge in [-0.25, -0.2) is 0 Å². The Morgan fingerprint density at radius 2 is 0.942 bits per heavy atom. The molecule has 13 rings (SSSR count). The van der Waals surface area contributed by atoms with E-state index < -0.39 is 0 Å². The number of hydrogen-bond donors (Lipinski definition) is 0. The van der Waals surface area contributed by atoms with Gasteiger partial charge in [-0.05, 0) is 106 Å². The number of aromatic nitrogens is 1. The second kappa shape index (κ2) is 17.1. The van der Waals surface area contributed by atoms with Crippen molar-refractivity contribution in [2.45, 2.75) is 12.3 Å². The quantitative estimate of drug-likeness (QED) is 0.144. The van der Waals surface area contributed by atoms with Crippen LogP contribution in [0.4, 0.5) is 17.1 Å². The molecule has 326 valence electrons. The van der Waals surface area contributed by atoms with E-state index in [9.17, 15) is 0 Å². The molecule has 0 saturated heterocycles. The first-order valence-corrected chi connectivity index (χ1v) is 23.8. The Morgan fingerprint density at radius 1 is 0.406 bits per heavy atom. The molecule has 2 heterocycles. The van der Waals surface area contributed by atoms with E-state index in [1.54, 1.807) is 0 Å². The highest BCUT2D eigenvalue weighted by Gasteiger charge is 2.22. The second-order valence-corrected chi connectivity index (χ2v) is 18.0. The first-order valence-electron chi connectivity index (χ1n) is 23.8. The maximum Gasteiger partial charge on any atom is 0.143 e. The monoisotopic (exact) mass is 882 g/mol. The van der Waals surface area contributed by atoms with Crippen LogP contribution < -0.4 is 4.90 Å². The second-order valence-electron chi connectivity index (χ2n) is 18.0. The predicted octanol–water partition coefficient (Wildman–Crippen LogP) is 18.3. The standard InChI is InChI=1S/C66H46N2O/c1-2-15-45(16-3-1)46-31-33-47(34-32-46)48-35-39-53(40-36-48)67(54-41-37-49(38-42-54)57-25-14-26-61-60-24-7-11-30-65(60)69-66(57)61)55-20-13-18-51(44-55)50-17-12-19-52(43-50)56-21-4-8-27-62(56)68-63-28-9-5-22-58(63)59-23-6-10-29-64(59)68/h1-42,44,50H,43H2. The van der Waals surface area contributed by atoms with E-state index in [0.29, 0.717) is 0 Å². The zero-order chi connectivity index (χ0) is 45.7. The molecule has 0 saturated carbocycles. The molecule has 0 aliphatic heterocycles. The molecule has 0 fully saturated rings. The third-order valence-corrected chi connectivity index (χ3v) is 14.0. The van der Waals surface area contributed by atoms with Gasteiger partial charge in [0.2, 0.25) is 0 Å². The molecule has 0 spiro atoms. The molecule has 1 aliphatic rings. The van der Waals surface area contributed by atoms with Gasteiger partial charge in [-0.2, -0.15) is 0 Å². The third kappa shape index (κ3) is 7.24. The van der Waals surface area contributed by atoms with Crippen LogP contribution in [0.2, 0.25) is 0 Å². The maximum atomic E-state index is 6.48. The van der Waals surface area contributed by atoms with Gasteiger partial charge in [0.05, 0.1) is 16.7 Å². The third-order valence-electron chi connectivity index (χ3n) is 14.0. The van der Waals surface area contributed by atoms with Gasteiger partial charge in [-0.1, -0.05) is 200 Å². The van der Waals surface area contributed by atoms with Crippen molar-refractivity contribution in [3.05, 3.63) is 272 Å². The average molecular weight is 883 g/mol. The van der Waals surface area contributed by atoms with Crippen LogP contribution >= 0.6 is 0 Å². The molecule has 1 unspecified atom stereocenters. The number of nitrogens with zero attached hydrogens (tertiary/aromatic N) is 2. The number of para-hydroxylation sites is 5. The summed E-state index contributed by atoms with van der Waals surface area (Å²) in [6, 6.07) is 87.7. The van der Waals surface area contributed by atoms with E-state index >= 15 is 0 Å². The number of furan rings is 1. The van der Waals surface area contributed by atoms with Crippen LogP contribution in [0.25, 0.3) is 88.4 Å². The van der Waals surface area contributed by atoms with Gasteiger partial charge in [-0.3, -0.25) is 0 Å². The van der Waals surface area contributed by atoms with Crippen molar-refractivity contribution in [1.29, 1.82) is 0 Å². The van der Waals surface area contributed by atoms with Gasteiger partial charge in [-0.15, -0.1) is 0 Å². The van der Waals surface area contributed by atoms with Crippen LogP contribution in [0.1, 0.15) is 23.5 Å². The Hall–Kier alpha value is -8.92. The SMILES string of the molecule is C1=CC(c2cccc(N(c3ccc(-c4ccc(-c5ccccc5)cc4)cc3)c3ccc(-c4cccc5c4oc4ccccc45)cc3)c2)CC(c2ccccc2-n2c3ccccc3c3ccccc32)=C1. The molecule has 0 bridgehead atoms. The summed E-state index contributed by atoms with van der Waals surface area (Å²) in [6.45, 7) is 0. The number of rotatable bonds is 9. The van der Waals surface area contributed by atoms with Crippen LogP contribution in [0.5, 0.6) is 0 Å². The average Bonchev–Trinajstić information content (AvgIpc) is 3.98. The van der Waals surface area contributed by atoms with Crippen LogP contribution in [0.15, 0.2) is 265 Å². The van der Waals surface area contributed by atoms with Gasteiger partial charge in [0, 0.05) is 55.7 Å². The highest BCUT2D eigenvalue weighted by Crippen LogP contribution is 2.43. The Balaban J connectivity index is 0.857. The Bertz CT molecular complexity index is 3860. The Labute approximate surface area is 401 Å². The summed E-state index contributed by atoms with van der Waals surface area (Å²) in [4.78, 5) is 2.39. The number of anilines is 3. The predicted molar refractivity (Wildman–Crippen MR) is 290 cm³/mol. The van der Waals surface area contributed by atoms with Crippen molar-refractivity contribution < 1.29 is 4.42 Å². The van der Waals surface area contributed by atoms with Crippen molar-refractivity contribution in [2.24, 2.45) is 0 Å². The van der Waals surface area contributed by atoms with Crippen LogP contribution in [0, 0.1) is 0 Å². The summed E-state index contributed by atoms with van der Waals surface area (Å²) in [5.41, 5.74) is 19.6. The molecule has 2 aromatic heterocycles. The molecule has 10 aromatic carbocycles. The number of fused-ring (bicyclic) bond motifs is 6.